The molecule has 0 aromatic rings. The molecular weight excluding hydrogens is 138 g/mol. The Hall–Kier alpha value is -0.700. The maximum Gasteiger partial charge on any atom is 0.0504 e. The van der Waals surface area contributed by atoms with Crippen molar-refractivity contribution in [2.45, 2.75) is 13.3 Å². The van der Waals surface area contributed by atoms with Crippen LogP contribution in [0.25, 0.3) is 0 Å². The molecule has 11 heavy (non-hydrogen) atoms. The van der Waals surface area contributed by atoms with Gasteiger partial charge in [0, 0.05) is 25.7 Å². The maximum atomic E-state index is 7.41. The average Bonchev–Trinajstić information content (AvgIpc) is 1.97. The first kappa shape index (κ1) is 10.3. The Bertz CT molecular complexity index is 138. The van der Waals surface area contributed by atoms with Crippen molar-refractivity contribution in [3.05, 3.63) is 0 Å². The molecule has 0 saturated carbocycles. The molecule has 0 aromatic heterocycles. The summed E-state index contributed by atoms with van der Waals surface area (Å²) in [5, 5.41) is 7.41. The summed E-state index contributed by atoms with van der Waals surface area (Å²) < 4.78 is 0. The van der Waals surface area contributed by atoms with Crippen molar-refractivity contribution >= 4 is 11.9 Å². The Kier molecular flexibility index (Phi) is 5.65. The highest BCUT2D eigenvalue weighted by atomic mass is 15.0. The summed E-state index contributed by atoms with van der Waals surface area (Å²) in [7, 11) is 4.01. The summed E-state index contributed by atoms with van der Waals surface area (Å²) in [6.45, 7) is 3.66. The molecule has 0 aromatic carbocycles. The molecule has 0 unspecified atom stereocenters. The van der Waals surface area contributed by atoms with Gasteiger partial charge in [-0.05, 0) is 21.0 Å². The summed E-state index contributed by atoms with van der Waals surface area (Å²) in [5.41, 5.74) is 0.612. The van der Waals surface area contributed by atoms with Crippen LogP contribution in [0, 0.1) is 5.41 Å². The van der Waals surface area contributed by atoms with Gasteiger partial charge in [0.25, 0.3) is 0 Å². The molecular formula is C8H17N3. The highest BCUT2D eigenvalue weighted by Gasteiger charge is 1.93. The summed E-state index contributed by atoms with van der Waals surface area (Å²) in [4.78, 5) is 6.05. The van der Waals surface area contributed by atoms with E-state index in [1.807, 2.05) is 21.0 Å². The third-order valence-corrected chi connectivity index (χ3v) is 1.26. The van der Waals surface area contributed by atoms with Crippen molar-refractivity contribution in [3.63, 3.8) is 0 Å². The van der Waals surface area contributed by atoms with Crippen LogP contribution in [0.15, 0.2) is 4.99 Å². The summed E-state index contributed by atoms with van der Waals surface area (Å²) in [6, 6.07) is 0. The Morgan fingerprint density at radius 2 is 2.18 bits per heavy atom. The lowest BCUT2D eigenvalue weighted by Gasteiger charge is -2.07. The second-order valence-corrected chi connectivity index (χ2v) is 2.71. The number of hydrogen-bond donors (Lipinski definition) is 1. The summed E-state index contributed by atoms with van der Waals surface area (Å²) >= 11 is 0. The molecule has 3 nitrogen and oxygen atoms in total. The normalized spacial score (nSPS) is 11.3. The van der Waals surface area contributed by atoms with Crippen LogP contribution in [0.5, 0.6) is 0 Å². The van der Waals surface area contributed by atoms with Crippen LogP contribution in [0.2, 0.25) is 0 Å². The zero-order valence-corrected chi connectivity index (χ0v) is 7.59. The van der Waals surface area contributed by atoms with Gasteiger partial charge in [0.15, 0.2) is 0 Å². The van der Waals surface area contributed by atoms with Gasteiger partial charge >= 0.3 is 0 Å². The second kappa shape index (κ2) is 6.04. The smallest absolute Gasteiger partial charge is 0.0504 e. The molecule has 0 atom stereocenters. The molecule has 0 amide bonds. The SMILES string of the molecule is CCN=CC(=N)CCN(C)C. The van der Waals surface area contributed by atoms with E-state index in [0.29, 0.717) is 5.71 Å². The third-order valence-electron chi connectivity index (χ3n) is 1.26. The van der Waals surface area contributed by atoms with E-state index in [0.717, 1.165) is 19.5 Å². The molecule has 0 aliphatic rings. The Labute approximate surface area is 68.6 Å². The largest absolute Gasteiger partial charge is 0.309 e. The lowest BCUT2D eigenvalue weighted by molar-refractivity contribution is 0.422. The van der Waals surface area contributed by atoms with Gasteiger partial charge in [-0.1, -0.05) is 0 Å². The number of aliphatic imine (C=N–C) groups is 1. The molecule has 0 saturated heterocycles. The van der Waals surface area contributed by atoms with Gasteiger partial charge in [-0.2, -0.15) is 0 Å². The second-order valence-electron chi connectivity index (χ2n) is 2.71. The first-order chi connectivity index (χ1) is 5.16. The average molecular weight is 155 g/mol. The number of nitrogens with one attached hydrogen (secondary N) is 1. The Balaban J connectivity index is 3.45. The minimum Gasteiger partial charge on any atom is -0.309 e. The first-order valence-electron chi connectivity index (χ1n) is 3.88. The van der Waals surface area contributed by atoms with Crippen LogP contribution in [-0.2, 0) is 0 Å². The van der Waals surface area contributed by atoms with Gasteiger partial charge in [0.2, 0.25) is 0 Å². The molecule has 0 fully saturated rings. The highest BCUT2D eigenvalue weighted by Crippen LogP contribution is 1.84. The van der Waals surface area contributed by atoms with E-state index < -0.39 is 0 Å². The van der Waals surface area contributed by atoms with Crippen LogP contribution >= 0.6 is 0 Å². The van der Waals surface area contributed by atoms with Crippen LogP contribution in [-0.4, -0.2) is 44.0 Å². The molecule has 0 bridgehead atoms. The molecule has 3 heteroatoms. The van der Waals surface area contributed by atoms with Crippen molar-refractivity contribution in [1.29, 1.82) is 5.41 Å². The van der Waals surface area contributed by atoms with E-state index in [-0.39, 0.29) is 0 Å². The fourth-order valence-electron chi connectivity index (χ4n) is 0.610. The topological polar surface area (TPSA) is 39.5 Å². The zero-order valence-electron chi connectivity index (χ0n) is 7.59. The van der Waals surface area contributed by atoms with E-state index in [9.17, 15) is 0 Å². The predicted molar refractivity (Wildman–Crippen MR) is 49.9 cm³/mol. The van der Waals surface area contributed by atoms with Crippen LogP contribution < -0.4 is 0 Å². The van der Waals surface area contributed by atoms with Crippen molar-refractivity contribution in [3.8, 4) is 0 Å². The molecule has 0 aliphatic carbocycles. The zero-order chi connectivity index (χ0) is 8.69. The number of rotatable bonds is 5. The van der Waals surface area contributed by atoms with Gasteiger partial charge in [0.05, 0.1) is 5.71 Å². The molecule has 0 rings (SSSR count). The van der Waals surface area contributed by atoms with Gasteiger partial charge in [0.1, 0.15) is 0 Å². The van der Waals surface area contributed by atoms with Gasteiger partial charge in [-0.15, -0.1) is 0 Å². The minimum absolute atomic E-state index is 0.612. The molecule has 0 radical (unpaired) electrons. The first-order valence-corrected chi connectivity index (χ1v) is 3.88. The summed E-state index contributed by atoms with van der Waals surface area (Å²) in [6.07, 6.45) is 2.43. The van der Waals surface area contributed by atoms with Crippen molar-refractivity contribution in [2.75, 3.05) is 27.2 Å². The van der Waals surface area contributed by atoms with Crippen molar-refractivity contribution in [1.82, 2.24) is 4.90 Å². The van der Waals surface area contributed by atoms with E-state index in [1.54, 1.807) is 6.21 Å². The lowest BCUT2D eigenvalue weighted by Crippen LogP contribution is -2.16. The highest BCUT2D eigenvalue weighted by molar-refractivity contribution is 6.29. The third kappa shape index (κ3) is 7.19. The molecule has 1 N–H and O–H groups in total. The molecule has 64 valence electrons. The monoisotopic (exact) mass is 155 g/mol. The van der Waals surface area contributed by atoms with Crippen LogP contribution in [0.3, 0.4) is 0 Å². The van der Waals surface area contributed by atoms with Crippen molar-refractivity contribution < 1.29 is 0 Å². The maximum absolute atomic E-state index is 7.41. The van der Waals surface area contributed by atoms with E-state index in [2.05, 4.69) is 9.89 Å². The van der Waals surface area contributed by atoms with E-state index >= 15 is 0 Å². The Morgan fingerprint density at radius 3 is 2.64 bits per heavy atom. The number of hydrogen-bond acceptors (Lipinski definition) is 3. The van der Waals surface area contributed by atoms with Gasteiger partial charge in [-0.25, -0.2) is 0 Å². The lowest BCUT2D eigenvalue weighted by atomic mass is 10.3. The summed E-state index contributed by atoms with van der Waals surface area (Å²) in [5.74, 6) is 0. The Morgan fingerprint density at radius 1 is 1.55 bits per heavy atom. The van der Waals surface area contributed by atoms with E-state index in [1.165, 1.54) is 0 Å². The van der Waals surface area contributed by atoms with Gasteiger partial charge < -0.3 is 10.3 Å². The number of nitrogens with zero attached hydrogens (tertiary/aromatic N) is 2. The fraction of sp³-hybridized carbons (Fsp3) is 0.750. The van der Waals surface area contributed by atoms with Crippen LogP contribution in [0.4, 0.5) is 0 Å². The van der Waals surface area contributed by atoms with Crippen molar-refractivity contribution in [2.24, 2.45) is 4.99 Å². The minimum atomic E-state index is 0.612. The fourth-order valence-corrected chi connectivity index (χ4v) is 0.610. The standard InChI is InChI=1S/C8H17N3/c1-4-10-7-8(9)5-6-11(2)3/h7,9H,4-6H2,1-3H3. The molecule has 0 aliphatic heterocycles. The van der Waals surface area contributed by atoms with Crippen LogP contribution in [0.1, 0.15) is 13.3 Å². The van der Waals surface area contributed by atoms with Gasteiger partial charge in [-0.3, -0.25) is 4.99 Å². The quantitative estimate of drug-likeness (QED) is 0.592. The predicted octanol–water partition coefficient (Wildman–Crippen LogP) is 1.05. The molecule has 0 heterocycles. The molecule has 0 spiro atoms. The van der Waals surface area contributed by atoms with E-state index in [4.69, 9.17) is 5.41 Å².